The summed E-state index contributed by atoms with van der Waals surface area (Å²) in [5.41, 5.74) is 0. The van der Waals surface area contributed by atoms with Crippen molar-refractivity contribution in [2.24, 2.45) is 0 Å². The van der Waals surface area contributed by atoms with Gasteiger partial charge in [0, 0.05) is 0 Å². The molecule has 0 aliphatic heterocycles. The van der Waals surface area contributed by atoms with E-state index in [4.69, 9.17) is 9.46 Å². The number of rotatable bonds is 0. The van der Waals surface area contributed by atoms with E-state index in [2.05, 4.69) is 7.57 Å². The molecule has 0 aliphatic carbocycles. The molecule has 0 rings (SSSR count). The summed E-state index contributed by atoms with van der Waals surface area (Å²) in [6.45, 7) is 0. The monoisotopic (exact) mass is 75.0 g/mol. The van der Waals surface area contributed by atoms with E-state index in [0.29, 0.717) is 0 Å². The van der Waals surface area contributed by atoms with Gasteiger partial charge >= 0.3 is 15.5 Å². The van der Waals surface area contributed by atoms with E-state index in [1.807, 2.05) is 0 Å². The molecule has 0 aliphatic rings. The minimum absolute atomic E-state index is 2.37. The van der Waals surface area contributed by atoms with Crippen LogP contribution in [0, 0.1) is 0 Å². The molecule has 0 bridgehead atoms. The van der Waals surface area contributed by atoms with Gasteiger partial charge in [-0.15, -0.1) is 0 Å². The van der Waals surface area contributed by atoms with Crippen LogP contribution in [0.5, 0.6) is 0 Å². The molecule has 0 aromatic carbocycles. The summed E-state index contributed by atoms with van der Waals surface area (Å²) in [7, 11) is 1.81. The fourth-order valence-electron chi connectivity index (χ4n) is 0. The highest BCUT2D eigenvalue weighted by Crippen LogP contribution is 1.97. The molecule has 1 atom stereocenters. The largest absolute Gasteiger partial charge is 0.554 e. The van der Waals surface area contributed by atoms with Crippen LogP contribution in [0.2, 0.25) is 0 Å². The van der Waals surface area contributed by atoms with Crippen LogP contribution in [-0.2, 0) is 4.57 Å². The van der Waals surface area contributed by atoms with Crippen molar-refractivity contribution < 1.29 is 9.46 Å². The second-order valence-corrected chi connectivity index (χ2v) is 0.908. The van der Waals surface area contributed by atoms with Crippen LogP contribution in [0.1, 0.15) is 0 Å². The lowest BCUT2D eigenvalue weighted by Gasteiger charge is -1.35. The third-order valence-electron chi connectivity index (χ3n) is 0. The molecule has 4 heteroatoms. The molecule has 0 spiro atoms. The van der Waals surface area contributed by atoms with E-state index in [1.54, 1.807) is 0 Å². The van der Waals surface area contributed by atoms with Gasteiger partial charge in [0.1, 0.15) is 0 Å². The summed E-state index contributed by atoms with van der Waals surface area (Å²) < 4.78 is 8.93. The van der Waals surface area contributed by atoms with Crippen LogP contribution in [0.4, 0.5) is 0 Å². The average molecular weight is 74.8 g/mol. The van der Waals surface area contributed by atoms with Crippen LogP contribution in [-0.4, -0.2) is 12.5 Å². The van der Waals surface area contributed by atoms with E-state index in [1.165, 1.54) is 0 Å². The molecule has 0 saturated heterocycles. The Labute approximate surface area is 26.1 Å². The van der Waals surface area contributed by atoms with E-state index >= 15 is 0 Å². The summed E-state index contributed by atoms with van der Waals surface area (Å²) >= 11 is 0. The molecule has 0 aromatic rings. The van der Waals surface area contributed by atoms with Gasteiger partial charge in [0.05, 0.1) is 0 Å². The van der Waals surface area contributed by atoms with Gasteiger partial charge in [0.25, 0.3) is 0 Å². The first-order valence-electron chi connectivity index (χ1n) is 0.641. The molecule has 2 radical (unpaired) electrons. The fourth-order valence-corrected chi connectivity index (χ4v) is 0. The van der Waals surface area contributed by atoms with E-state index in [-0.39, 0.29) is 0 Å². The Hall–Kier alpha value is 0.125. The van der Waals surface area contributed by atoms with Gasteiger partial charge in [-0.3, -0.25) is 0 Å². The molecule has 20 valence electrons. The third-order valence-corrected chi connectivity index (χ3v) is 0. The second-order valence-electron chi connectivity index (χ2n) is 0.303. The van der Waals surface area contributed by atoms with Gasteiger partial charge in [-0.1, -0.05) is 4.57 Å². The van der Waals surface area contributed by atoms with Gasteiger partial charge in [-0.2, -0.15) is 4.89 Å². The predicted octanol–water partition coefficient (Wildman–Crippen LogP) is -0.195. The second kappa shape index (κ2) is 1.44. The van der Waals surface area contributed by atoms with Gasteiger partial charge in [-0.25, -0.2) is 0 Å². The van der Waals surface area contributed by atoms with E-state index in [9.17, 15) is 0 Å². The maximum atomic E-state index is 8.93. The lowest BCUT2D eigenvalue weighted by Crippen LogP contribution is -1.40. The molecule has 4 heavy (non-hydrogen) atoms. The van der Waals surface area contributed by atoms with Crippen molar-refractivity contribution in [2.45, 2.75) is 0 Å². The Morgan fingerprint density at radius 1 is 2.00 bits per heavy atom. The minimum atomic E-state index is -2.37. The maximum Gasteiger partial charge on any atom is 0.554 e. The smallest absolute Gasteiger partial charge is 0.178 e. The first kappa shape index (κ1) is 4.12. The lowest BCUT2D eigenvalue weighted by molar-refractivity contribution is 0.518. The average Bonchev–Trinajstić information content (AvgIpc) is 0.811. The first-order valence-corrected chi connectivity index (χ1v) is 1.92. The van der Waals surface area contributed by atoms with Crippen LogP contribution in [0.25, 0.3) is 0 Å². The maximum absolute atomic E-state index is 8.93. The SMILES string of the molecule is [B][P+](=O)O. The number of hydrogen-bond donors (Lipinski definition) is 1. The zero-order valence-electron chi connectivity index (χ0n) is 1.88. The molecule has 1 unspecified atom stereocenters. The fraction of sp³-hybridized carbons (Fsp3) is 0. The summed E-state index contributed by atoms with van der Waals surface area (Å²) in [6.07, 6.45) is 0. The van der Waals surface area contributed by atoms with Crippen molar-refractivity contribution in [3.8, 4) is 0 Å². The highest BCUT2D eigenvalue weighted by atomic mass is 31.1. The number of hydrogen-bond acceptors (Lipinski definition) is 1. The highest BCUT2D eigenvalue weighted by Gasteiger charge is 1.89. The Morgan fingerprint density at radius 2 is 2.00 bits per heavy atom. The molecule has 2 nitrogen and oxygen atoms in total. The van der Waals surface area contributed by atoms with Crippen LogP contribution in [0.15, 0.2) is 0 Å². The van der Waals surface area contributed by atoms with Gasteiger partial charge in [0.15, 0.2) is 0 Å². The van der Waals surface area contributed by atoms with Crippen molar-refractivity contribution >= 4 is 15.5 Å². The van der Waals surface area contributed by atoms with Gasteiger partial charge in [0.2, 0.25) is 0 Å². The summed E-state index contributed by atoms with van der Waals surface area (Å²) in [5.74, 6) is 0. The first-order chi connectivity index (χ1) is 1.73. The van der Waals surface area contributed by atoms with Crippen molar-refractivity contribution in [3.63, 3.8) is 0 Å². The van der Waals surface area contributed by atoms with Crippen LogP contribution in [0.3, 0.4) is 0 Å². The Bertz CT molecular complexity index is 29.0. The van der Waals surface area contributed by atoms with Gasteiger partial charge in [-0.05, 0) is 0 Å². The third kappa shape index (κ3) is 172. The zero-order valence-corrected chi connectivity index (χ0v) is 2.77. The highest BCUT2D eigenvalue weighted by molar-refractivity contribution is 7.66. The Morgan fingerprint density at radius 3 is 2.00 bits per heavy atom. The Kier molecular flexibility index (Phi) is 1.49. The van der Waals surface area contributed by atoms with E-state index in [0.717, 1.165) is 0 Å². The van der Waals surface area contributed by atoms with E-state index < -0.39 is 7.91 Å². The summed E-state index contributed by atoms with van der Waals surface area (Å²) in [6, 6.07) is 0. The quantitative estimate of drug-likeness (QED) is 0.320. The molecule has 0 fully saturated rings. The summed E-state index contributed by atoms with van der Waals surface area (Å²) in [4.78, 5) is 7.34. The molecule has 0 aromatic heterocycles. The minimum Gasteiger partial charge on any atom is -0.178 e. The molecular weight excluding hydrogens is 73.8 g/mol. The predicted molar refractivity (Wildman–Crippen MR) is 15.6 cm³/mol. The van der Waals surface area contributed by atoms with Gasteiger partial charge < -0.3 is 0 Å². The molecule has 0 heterocycles. The van der Waals surface area contributed by atoms with Crippen molar-refractivity contribution in [2.75, 3.05) is 0 Å². The zero-order chi connectivity index (χ0) is 3.58. The topological polar surface area (TPSA) is 37.3 Å². The molecule has 0 amide bonds. The summed E-state index contributed by atoms with van der Waals surface area (Å²) in [5, 5.41) is 0. The van der Waals surface area contributed by atoms with Crippen molar-refractivity contribution in [3.05, 3.63) is 0 Å². The van der Waals surface area contributed by atoms with Crippen molar-refractivity contribution in [1.82, 2.24) is 0 Å². The van der Waals surface area contributed by atoms with Crippen molar-refractivity contribution in [1.29, 1.82) is 0 Å². The van der Waals surface area contributed by atoms with Crippen LogP contribution < -0.4 is 0 Å². The standard InChI is InChI=1S/BHO2P/c1-4(2)3/h(H,2,3)/q+1. The molecule has 0 saturated carbocycles. The molecular formula is HBO2P+. The normalized spacial score (nSPS) is 10.8. The van der Waals surface area contributed by atoms with Crippen LogP contribution >= 0.6 is 7.91 Å². The molecule has 1 N–H and O–H groups in total. The Balaban J connectivity index is 2.80. The lowest BCUT2D eigenvalue weighted by atomic mass is 10.8.